The predicted molar refractivity (Wildman–Crippen MR) is 536 cm³/mol. The first-order valence-electron chi connectivity index (χ1n) is 47.3. The van der Waals surface area contributed by atoms with Crippen molar-refractivity contribution < 1.29 is 49.0 Å². The number of alkyl halides is 3. The SMILES string of the molecule is C=S(=O)(c1ccc(-c2cc3cnc(Nc4ccc(C5CCCCC5)cc4)nc3n(CCN3CCOCC3)c2=O)nc1)C1CCOCC1.C=S(=O)(c1ccc(-c2cc3cnc(Nc4ccc(C5CCN(C)C5)cc4)nc3n(CC(=O)N3CCCC3)c2=O)cc1)c1cncs1.O=c1c(-c2ccccc2S(=O)(=O)CC(F)(F)F)cc2cnc(Nc3ccc(C4CCNCC4)cc3)nc2n1CC1CCOCC1. The van der Waals surface area contributed by atoms with Gasteiger partial charge in [0.25, 0.3) is 16.7 Å². The molecule has 3 atom stereocenters. The highest BCUT2D eigenvalue weighted by molar-refractivity contribution is 8.02. The maximum absolute atomic E-state index is 14.2. The molecule has 29 nitrogen and oxygen atoms in total. The van der Waals surface area contributed by atoms with E-state index >= 15 is 0 Å². The quantitative estimate of drug-likeness (QED) is 0.0386. The van der Waals surface area contributed by atoms with Crippen molar-refractivity contribution in [1.29, 1.82) is 0 Å². The molecule has 5 aromatic carbocycles. The number of morpholine rings is 1. The van der Waals surface area contributed by atoms with Gasteiger partial charge in [-0.15, -0.1) is 11.3 Å². The number of pyridine rings is 4. The van der Waals surface area contributed by atoms with Crippen molar-refractivity contribution in [3.63, 3.8) is 0 Å². The van der Waals surface area contributed by atoms with Crippen molar-refractivity contribution in [2.24, 2.45) is 5.92 Å². The molecule has 4 N–H and O–H groups in total. The van der Waals surface area contributed by atoms with Gasteiger partial charge in [0, 0.05) is 188 Å². The first-order chi connectivity index (χ1) is 66.8. The summed E-state index contributed by atoms with van der Waals surface area (Å²) in [4.78, 5) is 99.3. The van der Waals surface area contributed by atoms with Crippen LogP contribution in [0.25, 0.3) is 66.6 Å². The highest BCUT2D eigenvalue weighted by Crippen LogP contribution is 2.38. The highest BCUT2D eigenvalue weighted by atomic mass is 32.2. The molecule has 14 heterocycles. The minimum absolute atomic E-state index is 0.0336. The first kappa shape index (κ1) is 96.4. The fourth-order valence-corrected chi connectivity index (χ4v) is 25.2. The molecule has 722 valence electrons. The molecule has 1 saturated carbocycles. The van der Waals surface area contributed by atoms with Gasteiger partial charge in [-0.1, -0.05) is 86.0 Å². The number of hydrogen-bond donors (Lipinski definition) is 4. The maximum Gasteiger partial charge on any atom is 0.403 e. The Hall–Kier alpha value is -11.8. The van der Waals surface area contributed by atoms with Crippen LogP contribution >= 0.6 is 11.3 Å². The van der Waals surface area contributed by atoms with Gasteiger partial charge in [0.2, 0.25) is 23.8 Å². The van der Waals surface area contributed by atoms with E-state index in [2.05, 4.69) is 123 Å². The Morgan fingerprint density at radius 2 is 1.03 bits per heavy atom. The van der Waals surface area contributed by atoms with Crippen LogP contribution < -0.4 is 37.9 Å². The van der Waals surface area contributed by atoms with E-state index in [4.69, 9.17) is 29.2 Å². The molecule has 1 amide bonds. The number of piperidine rings is 1. The number of anilines is 6. The molecule has 20 rings (SSSR count). The molecule has 7 aliphatic rings. The van der Waals surface area contributed by atoms with Gasteiger partial charge in [-0.25, -0.2) is 23.4 Å². The number of likely N-dealkylation sites (tertiary alicyclic amines) is 2. The van der Waals surface area contributed by atoms with Crippen LogP contribution in [-0.2, 0) is 67.5 Å². The third kappa shape index (κ3) is 22.7. The standard InChI is InChI=1S/C36H44N6O4S.C34H35N7O3S2.C32H34F3N5O4S/c1-47(44,30-13-19-45-20-14-30)31-11-12-33(37-25-31)32-23-28-24-38-36(39-29-9-7-27(8-10-29)26-5-3-2-4-6-26)40-34(28)42(35(32)43)16-15-41-17-21-46-22-18-41;1-39-16-13-25(20-39)23-5-9-27(10-6-23)37-34-36-18-26-17-29(24-7-11-28(12-8-24)46(2,44)31-19-35-22-45-31)33(43)41(32(26)38-34)21-30(42)40-14-3-4-15-40;33-32(34,35)20-45(42,43)28-4-2-1-3-26(28)27-17-24-18-37-31(38-25-7-5-22(6-8-25)23-9-13-36-14-10-23)39-29(24)40(30(27)41)19-21-11-15-44-16-12-21/h7-12,23-26,30H,1-6,13-22H2,(H,38,39,40);5-12,17-19,22,25H,2-4,13-16,20-21H2,1H3,(H,36,37,38);1-8,17-18,21,23,36H,9-16,19-20H2,(H,37,38,39). The van der Waals surface area contributed by atoms with Crippen LogP contribution in [0.4, 0.5) is 48.1 Å². The van der Waals surface area contributed by atoms with E-state index in [9.17, 15) is 49.2 Å². The van der Waals surface area contributed by atoms with Gasteiger partial charge >= 0.3 is 6.18 Å². The Labute approximate surface area is 803 Å². The highest BCUT2D eigenvalue weighted by Gasteiger charge is 2.38. The zero-order chi connectivity index (χ0) is 95.7. The number of hydrogen-bond acceptors (Lipinski definition) is 26. The molecule has 8 aromatic heterocycles. The number of sulfone groups is 1. The van der Waals surface area contributed by atoms with Crippen molar-refractivity contribution in [1.82, 2.24) is 73.6 Å². The number of carbonyl (C=O) groups is 1. The fourth-order valence-electron chi connectivity index (χ4n) is 19.5. The van der Waals surface area contributed by atoms with Crippen molar-refractivity contribution >= 4 is 126 Å². The Morgan fingerprint density at radius 3 is 1.59 bits per heavy atom. The van der Waals surface area contributed by atoms with E-state index in [-0.39, 0.29) is 58.4 Å². The number of nitrogens with zero attached hydrogens (tertiary/aromatic N) is 14. The molecule has 13 aromatic rings. The van der Waals surface area contributed by atoms with Crippen LogP contribution in [0.1, 0.15) is 124 Å². The van der Waals surface area contributed by atoms with E-state index in [1.807, 2.05) is 30.3 Å². The number of halogens is 3. The topological polar surface area (TPSA) is 340 Å². The lowest BCUT2D eigenvalue weighted by Gasteiger charge is -2.27. The normalized spacial score (nSPS) is 18.4. The Balaban J connectivity index is 0.000000137. The molecule has 0 bridgehead atoms. The van der Waals surface area contributed by atoms with Gasteiger partial charge in [0.1, 0.15) is 27.7 Å². The van der Waals surface area contributed by atoms with Crippen molar-refractivity contribution in [3.05, 3.63) is 236 Å². The second kappa shape index (κ2) is 42.9. The zero-order valence-electron chi connectivity index (χ0n) is 77.1. The largest absolute Gasteiger partial charge is 0.403 e. The second-order valence-corrected chi connectivity index (χ2v) is 44.6. The summed E-state index contributed by atoms with van der Waals surface area (Å²) >= 11 is 1.30. The summed E-state index contributed by atoms with van der Waals surface area (Å²) in [5, 5.41) is 15.0. The number of ether oxygens (including phenoxy) is 3. The van der Waals surface area contributed by atoms with Gasteiger partial charge in [0.05, 0.1) is 41.1 Å². The maximum atomic E-state index is 14.2. The number of carbonyl (C=O) groups excluding carboxylic acids is 1. The molecule has 6 saturated heterocycles. The molecule has 3 unspecified atom stereocenters. The van der Waals surface area contributed by atoms with Crippen LogP contribution in [0.2, 0.25) is 0 Å². The predicted octanol–water partition coefficient (Wildman–Crippen LogP) is 15.5. The number of amides is 1. The molecule has 0 radical (unpaired) electrons. The molecule has 6 aliphatic heterocycles. The first-order valence-corrected chi connectivity index (χ1v) is 53.4. The van der Waals surface area contributed by atoms with Crippen LogP contribution in [0, 0.1) is 5.92 Å². The van der Waals surface area contributed by atoms with Crippen LogP contribution in [-0.4, -0.2) is 226 Å². The molecule has 138 heavy (non-hydrogen) atoms. The average Bonchev–Trinajstić information content (AvgIpc) is 0.926. The van der Waals surface area contributed by atoms with Gasteiger partial charge in [-0.2, -0.15) is 28.1 Å². The van der Waals surface area contributed by atoms with Gasteiger partial charge < -0.3 is 45.3 Å². The smallest absolute Gasteiger partial charge is 0.381 e. The third-order valence-corrected chi connectivity index (χ3v) is 35.0. The number of benzene rings is 5. The number of nitrogens with one attached hydrogen (secondary N) is 4. The lowest BCUT2D eigenvalue weighted by molar-refractivity contribution is -0.130. The summed E-state index contributed by atoms with van der Waals surface area (Å²) in [5.41, 5.74) is 10.3. The minimum atomic E-state index is -4.94. The van der Waals surface area contributed by atoms with Crippen LogP contribution in [0.3, 0.4) is 0 Å². The number of rotatable bonds is 25. The molecule has 1 aliphatic carbocycles. The fraction of sp³-hybridized carbons (Fsp3) is 0.392. The monoisotopic (exact) mass is 1950 g/mol. The minimum Gasteiger partial charge on any atom is -0.381 e. The van der Waals surface area contributed by atoms with Crippen LogP contribution in [0.5, 0.6) is 0 Å². The number of aromatic nitrogens is 11. The summed E-state index contributed by atoms with van der Waals surface area (Å²) < 4.78 is 114. The van der Waals surface area contributed by atoms with Crippen molar-refractivity contribution in [2.75, 3.05) is 127 Å². The van der Waals surface area contributed by atoms with E-state index in [0.717, 1.165) is 99.9 Å². The summed E-state index contributed by atoms with van der Waals surface area (Å²) in [6.07, 6.45) is 17.8. The Bertz CT molecular complexity index is 7070. The van der Waals surface area contributed by atoms with E-state index in [1.54, 1.807) is 82.2 Å². The summed E-state index contributed by atoms with van der Waals surface area (Å²) in [7, 11) is -7.90. The average molecular weight is 1950 g/mol. The molecule has 36 heteroatoms. The van der Waals surface area contributed by atoms with Gasteiger partial charge in [-0.05, 0) is 240 Å². The van der Waals surface area contributed by atoms with Crippen molar-refractivity contribution in [3.8, 4) is 33.5 Å². The Morgan fingerprint density at radius 1 is 0.507 bits per heavy atom. The lowest BCUT2D eigenvalue weighted by Crippen LogP contribution is -2.39. The molecular formula is C102H113F3N18O11S4. The molecule has 7 fully saturated rings. The van der Waals surface area contributed by atoms with Crippen molar-refractivity contribution in [2.45, 2.75) is 158 Å². The number of fused-ring (bicyclic) bond motifs is 3. The van der Waals surface area contributed by atoms with E-state index in [1.165, 1.54) is 99.7 Å². The van der Waals surface area contributed by atoms with E-state index in [0.29, 0.717) is 185 Å². The summed E-state index contributed by atoms with van der Waals surface area (Å²) in [6.45, 7) is 12.2. The molecular weight excluding hydrogens is 1840 g/mol. The lowest BCUT2D eigenvalue weighted by atomic mass is 9.84. The number of thiazole rings is 1. The summed E-state index contributed by atoms with van der Waals surface area (Å²) in [6, 6.07) is 45.9. The number of likely N-dealkylation sites (N-methyl/N-ethyl adjacent to an activating group) is 1. The Kier molecular flexibility index (Phi) is 30.0. The summed E-state index contributed by atoms with van der Waals surface area (Å²) in [5.74, 6) is 8.75. The third-order valence-electron chi connectivity index (χ3n) is 27.3. The van der Waals surface area contributed by atoms with Crippen LogP contribution in [0.15, 0.2) is 221 Å². The zero-order valence-corrected chi connectivity index (χ0v) is 80.3. The van der Waals surface area contributed by atoms with Gasteiger partial charge in [-0.3, -0.25) is 56.2 Å². The second-order valence-electron chi connectivity index (χ2n) is 36.6. The molecule has 0 spiro atoms. The van der Waals surface area contributed by atoms with Gasteiger partial charge in [0.15, 0.2) is 15.6 Å². The van der Waals surface area contributed by atoms with E-state index < -0.39 is 51.3 Å².